The molecule has 155 valence electrons. The molecule has 29 heavy (non-hydrogen) atoms. The number of pyridine rings is 1. The Morgan fingerprint density at radius 3 is 2.21 bits per heavy atom. The van der Waals surface area contributed by atoms with Gasteiger partial charge in [0, 0.05) is 31.6 Å². The summed E-state index contributed by atoms with van der Waals surface area (Å²) >= 11 is 0. The van der Waals surface area contributed by atoms with Crippen molar-refractivity contribution in [3.05, 3.63) is 76.3 Å². The van der Waals surface area contributed by atoms with Crippen LogP contribution in [0.4, 0.5) is 4.39 Å². The number of carbonyl (C=O) groups excluding carboxylic acids is 1. The van der Waals surface area contributed by atoms with E-state index in [1.807, 2.05) is 19.9 Å². The zero-order chi connectivity index (χ0) is 21.0. The number of carbonyl (C=O) groups is 1. The minimum atomic E-state index is -0.186. The van der Waals surface area contributed by atoms with Crippen molar-refractivity contribution >= 4 is 16.7 Å². The van der Waals surface area contributed by atoms with Crippen molar-refractivity contribution in [3.63, 3.8) is 0 Å². The van der Waals surface area contributed by atoms with Crippen LogP contribution in [0.15, 0.2) is 42.2 Å². The van der Waals surface area contributed by atoms with Crippen molar-refractivity contribution in [1.82, 2.24) is 4.98 Å². The van der Waals surface area contributed by atoms with Crippen LogP contribution in [0.5, 0.6) is 0 Å². The zero-order valence-electron chi connectivity index (χ0n) is 17.5. The Kier molecular flexibility index (Phi) is 8.87. The SMILES string of the molecule is CC(=O)/C=C(/C)O.Cc1[c-]c(-c2nc3cc(C)c(F)cc3cc2C)cc(C)c1.[Ir]. The van der Waals surface area contributed by atoms with Gasteiger partial charge in [-0.15, -0.1) is 34.9 Å². The molecule has 3 aromatic rings. The van der Waals surface area contributed by atoms with Gasteiger partial charge in [0.15, 0.2) is 5.78 Å². The van der Waals surface area contributed by atoms with Gasteiger partial charge in [0.1, 0.15) is 5.82 Å². The molecular weight excluding hydrogens is 545 g/mol. The van der Waals surface area contributed by atoms with Crippen molar-refractivity contribution < 1.29 is 34.4 Å². The van der Waals surface area contributed by atoms with Gasteiger partial charge in [0.25, 0.3) is 0 Å². The Bertz CT molecular complexity index is 1050. The Morgan fingerprint density at radius 2 is 1.69 bits per heavy atom. The number of aliphatic hydroxyl groups is 1. The predicted octanol–water partition coefficient (Wildman–Crippen LogP) is 6.11. The van der Waals surface area contributed by atoms with Crippen LogP contribution in [-0.2, 0) is 24.9 Å². The smallest absolute Gasteiger partial charge is 0.155 e. The predicted molar refractivity (Wildman–Crippen MR) is 112 cm³/mol. The quantitative estimate of drug-likeness (QED) is 0.230. The molecule has 0 spiro atoms. The van der Waals surface area contributed by atoms with Crippen molar-refractivity contribution in [3.8, 4) is 11.3 Å². The van der Waals surface area contributed by atoms with Crippen molar-refractivity contribution in [2.24, 2.45) is 0 Å². The molecule has 0 aliphatic rings. The summed E-state index contributed by atoms with van der Waals surface area (Å²) in [5.74, 6) is -0.248. The topological polar surface area (TPSA) is 50.2 Å². The Balaban J connectivity index is 0.000000456. The maximum atomic E-state index is 13.7. The maximum absolute atomic E-state index is 13.7. The molecule has 0 saturated heterocycles. The average Bonchev–Trinajstić information content (AvgIpc) is 2.54. The van der Waals surface area contributed by atoms with Gasteiger partial charge in [-0.3, -0.25) is 9.78 Å². The van der Waals surface area contributed by atoms with Gasteiger partial charge in [-0.2, -0.15) is 0 Å². The van der Waals surface area contributed by atoms with Gasteiger partial charge in [-0.05, 0) is 51.1 Å². The van der Waals surface area contributed by atoms with E-state index in [2.05, 4.69) is 25.1 Å². The van der Waals surface area contributed by atoms with Gasteiger partial charge in [-0.25, -0.2) is 4.39 Å². The molecule has 0 aliphatic heterocycles. The molecule has 2 aromatic carbocycles. The minimum absolute atomic E-state index is 0. The second kappa shape index (κ2) is 10.4. The summed E-state index contributed by atoms with van der Waals surface area (Å²) in [4.78, 5) is 14.7. The number of rotatable bonds is 2. The van der Waals surface area contributed by atoms with Crippen LogP contribution in [0.3, 0.4) is 0 Å². The van der Waals surface area contributed by atoms with Gasteiger partial charge in [0.05, 0.1) is 11.3 Å². The number of benzene rings is 2. The summed E-state index contributed by atoms with van der Waals surface area (Å²) in [6, 6.07) is 12.9. The fourth-order valence-electron chi connectivity index (χ4n) is 2.99. The van der Waals surface area contributed by atoms with Gasteiger partial charge in [-0.1, -0.05) is 25.5 Å². The number of hydrogen-bond donors (Lipinski definition) is 1. The molecule has 3 nitrogen and oxygen atoms in total. The van der Waals surface area contributed by atoms with E-state index >= 15 is 0 Å². The first-order chi connectivity index (χ1) is 13.1. The Morgan fingerprint density at radius 1 is 1.03 bits per heavy atom. The molecule has 0 aliphatic carbocycles. The van der Waals surface area contributed by atoms with E-state index in [1.54, 1.807) is 19.1 Å². The summed E-state index contributed by atoms with van der Waals surface area (Å²) in [6.45, 7) is 10.7. The van der Waals surface area contributed by atoms with E-state index < -0.39 is 0 Å². The molecule has 0 saturated carbocycles. The molecule has 0 atom stereocenters. The zero-order valence-corrected chi connectivity index (χ0v) is 19.9. The Labute approximate surface area is 185 Å². The number of halogens is 1. The van der Waals surface area contributed by atoms with Crippen molar-refractivity contribution in [2.75, 3.05) is 0 Å². The second-order valence-electron chi connectivity index (χ2n) is 7.10. The number of aromatic nitrogens is 1. The van der Waals surface area contributed by atoms with Crippen LogP contribution in [0.1, 0.15) is 36.1 Å². The third-order valence-electron chi connectivity index (χ3n) is 4.10. The third-order valence-corrected chi connectivity index (χ3v) is 4.10. The summed E-state index contributed by atoms with van der Waals surface area (Å²) in [7, 11) is 0. The first-order valence-corrected chi connectivity index (χ1v) is 9.03. The number of hydrogen-bond acceptors (Lipinski definition) is 3. The molecule has 1 aromatic heterocycles. The number of nitrogens with zero attached hydrogens (tertiary/aromatic N) is 1. The van der Waals surface area contributed by atoms with E-state index in [9.17, 15) is 9.18 Å². The monoisotopic (exact) mass is 571 g/mol. The molecule has 5 heteroatoms. The van der Waals surface area contributed by atoms with Crippen LogP contribution in [0.2, 0.25) is 0 Å². The van der Waals surface area contributed by atoms with Crippen LogP contribution >= 0.6 is 0 Å². The average molecular weight is 571 g/mol. The summed E-state index contributed by atoms with van der Waals surface area (Å²) in [5.41, 5.74) is 6.68. The standard InChI is InChI=1S/C19H17FN.C5H8O2.Ir/c1-11-5-12(2)7-16(6-11)19-14(4)8-15-10-17(20)13(3)9-18(15)21-19;1-4(6)3-5(2)7;/h5-6,8-10H,1-4H3;3,6H,1-2H3;/q-1;;/b;4-3-;. The van der Waals surface area contributed by atoms with Crippen LogP contribution in [0.25, 0.3) is 22.2 Å². The fourth-order valence-corrected chi connectivity index (χ4v) is 2.99. The van der Waals surface area contributed by atoms with Crippen molar-refractivity contribution in [1.29, 1.82) is 0 Å². The number of aliphatic hydroxyl groups excluding tert-OH is 1. The maximum Gasteiger partial charge on any atom is 0.155 e. The summed E-state index contributed by atoms with van der Waals surface area (Å²) < 4.78 is 13.7. The molecule has 3 rings (SSSR count). The van der Waals surface area contributed by atoms with Gasteiger partial charge in [0.2, 0.25) is 0 Å². The van der Waals surface area contributed by atoms with Crippen LogP contribution in [0, 0.1) is 39.6 Å². The number of fused-ring (bicyclic) bond motifs is 1. The largest absolute Gasteiger partial charge is 0.512 e. The number of ketones is 1. The normalized spacial score (nSPS) is 10.8. The molecule has 1 heterocycles. The molecule has 0 fully saturated rings. The van der Waals surface area contributed by atoms with E-state index in [0.29, 0.717) is 5.56 Å². The van der Waals surface area contributed by atoms with Crippen molar-refractivity contribution in [2.45, 2.75) is 41.5 Å². The van der Waals surface area contributed by atoms with Gasteiger partial charge >= 0.3 is 0 Å². The minimum Gasteiger partial charge on any atom is -0.512 e. The first-order valence-electron chi connectivity index (χ1n) is 9.03. The van der Waals surface area contributed by atoms with E-state index in [4.69, 9.17) is 10.1 Å². The van der Waals surface area contributed by atoms with Crippen LogP contribution in [-0.4, -0.2) is 15.9 Å². The van der Waals surface area contributed by atoms with Crippen LogP contribution < -0.4 is 0 Å². The molecule has 0 unspecified atom stereocenters. The molecule has 0 amide bonds. The number of aryl methyl sites for hydroxylation is 4. The van der Waals surface area contributed by atoms with Gasteiger partial charge < -0.3 is 5.11 Å². The third kappa shape index (κ3) is 6.88. The summed E-state index contributed by atoms with van der Waals surface area (Å²) in [6.07, 6.45) is 1.17. The molecule has 1 N–H and O–H groups in total. The van der Waals surface area contributed by atoms with E-state index in [0.717, 1.165) is 33.3 Å². The molecule has 0 bridgehead atoms. The van der Waals surface area contributed by atoms with E-state index in [1.165, 1.54) is 25.5 Å². The fraction of sp³-hybridized carbons (Fsp3) is 0.250. The van der Waals surface area contributed by atoms with E-state index in [-0.39, 0.29) is 37.5 Å². The molecular formula is C24H25FIrNO2-. The summed E-state index contributed by atoms with van der Waals surface area (Å²) in [5, 5.41) is 9.20. The first kappa shape index (κ1) is 24.7. The number of allylic oxidation sites excluding steroid dienone is 2. The Hall–Kier alpha value is -2.36. The molecule has 1 radical (unpaired) electrons. The second-order valence-corrected chi connectivity index (χ2v) is 7.10.